The van der Waals surface area contributed by atoms with Crippen LogP contribution in [-0.2, 0) is 0 Å². The lowest BCUT2D eigenvalue weighted by atomic mass is 10.0. The highest BCUT2D eigenvalue weighted by Gasteiger charge is 2.11. The van der Waals surface area contributed by atoms with Gasteiger partial charge in [0.05, 0.1) is 0 Å². The second-order valence-electron chi connectivity index (χ2n) is 5.81. The number of benzene rings is 3. The molecular weight excluding hydrogens is 316 g/mol. The Hall–Kier alpha value is -2.72. The fourth-order valence-electron chi connectivity index (χ4n) is 2.80. The van der Waals surface area contributed by atoms with Crippen LogP contribution in [0.5, 0.6) is 0 Å². The first-order chi connectivity index (χ1) is 11.5. The highest BCUT2D eigenvalue weighted by molar-refractivity contribution is 7.80. The summed E-state index contributed by atoms with van der Waals surface area (Å²) in [6, 6.07) is 19.5. The monoisotopic (exact) mass is 334 g/mol. The molecule has 3 rings (SSSR count). The van der Waals surface area contributed by atoms with Crippen molar-refractivity contribution in [3.63, 3.8) is 0 Å². The molecule has 0 saturated heterocycles. The van der Waals surface area contributed by atoms with Crippen molar-refractivity contribution in [3.05, 3.63) is 77.4 Å². The van der Waals surface area contributed by atoms with Crippen LogP contribution in [-0.4, -0.2) is 11.0 Å². The normalized spacial score (nSPS) is 10.4. The van der Waals surface area contributed by atoms with Crippen LogP contribution in [0.1, 0.15) is 21.5 Å². The summed E-state index contributed by atoms with van der Waals surface area (Å²) in [6.45, 7) is 4.05. The molecule has 0 aliphatic rings. The second-order valence-corrected chi connectivity index (χ2v) is 6.22. The number of amides is 1. The maximum atomic E-state index is 12.6. The summed E-state index contributed by atoms with van der Waals surface area (Å²) in [6.07, 6.45) is 0. The molecule has 3 nitrogen and oxygen atoms in total. The van der Waals surface area contributed by atoms with E-state index in [0.717, 1.165) is 27.6 Å². The predicted octanol–water partition coefficient (Wildman–Crippen LogP) is 4.58. The van der Waals surface area contributed by atoms with E-state index >= 15 is 0 Å². The fraction of sp³-hybridized carbons (Fsp3) is 0.100. The van der Waals surface area contributed by atoms with Gasteiger partial charge in [-0.25, -0.2) is 0 Å². The van der Waals surface area contributed by atoms with E-state index in [0.29, 0.717) is 5.56 Å². The van der Waals surface area contributed by atoms with E-state index in [1.54, 1.807) is 6.07 Å². The number of hydrogen-bond acceptors (Lipinski definition) is 2. The van der Waals surface area contributed by atoms with E-state index in [-0.39, 0.29) is 11.0 Å². The van der Waals surface area contributed by atoms with E-state index in [4.69, 9.17) is 12.2 Å². The predicted molar refractivity (Wildman–Crippen MR) is 104 cm³/mol. The number of carbonyl (C=O) groups excluding carboxylic acids is 1. The number of aryl methyl sites for hydroxylation is 2. The van der Waals surface area contributed by atoms with Gasteiger partial charge in [-0.3, -0.25) is 10.1 Å². The van der Waals surface area contributed by atoms with Gasteiger partial charge in [-0.2, -0.15) is 0 Å². The third-order valence-electron chi connectivity index (χ3n) is 3.74. The minimum absolute atomic E-state index is 0.214. The molecule has 0 atom stereocenters. The maximum absolute atomic E-state index is 12.6. The summed E-state index contributed by atoms with van der Waals surface area (Å²) in [5.41, 5.74) is 3.76. The molecule has 0 radical (unpaired) electrons. The molecular formula is C20H18N2OS. The van der Waals surface area contributed by atoms with Crippen molar-refractivity contribution < 1.29 is 4.79 Å². The molecule has 0 saturated carbocycles. The van der Waals surface area contributed by atoms with E-state index in [1.807, 2.05) is 62.4 Å². The van der Waals surface area contributed by atoms with Crippen molar-refractivity contribution in [2.45, 2.75) is 13.8 Å². The van der Waals surface area contributed by atoms with Gasteiger partial charge in [0.15, 0.2) is 5.11 Å². The highest BCUT2D eigenvalue weighted by atomic mass is 32.1. The Bertz CT molecular complexity index is 908. The average molecular weight is 334 g/mol. The van der Waals surface area contributed by atoms with Crippen LogP contribution in [0, 0.1) is 13.8 Å². The van der Waals surface area contributed by atoms with Crippen LogP contribution in [0.4, 0.5) is 5.69 Å². The third-order valence-corrected chi connectivity index (χ3v) is 3.95. The zero-order chi connectivity index (χ0) is 17.1. The molecule has 120 valence electrons. The molecule has 3 aromatic rings. The van der Waals surface area contributed by atoms with Crippen LogP contribution in [0.3, 0.4) is 0 Å². The molecule has 0 aromatic heterocycles. The number of fused-ring (bicyclic) bond motifs is 1. The summed E-state index contributed by atoms with van der Waals surface area (Å²) in [7, 11) is 0. The standard InChI is InChI=1S/C20H18N2OS/c1-13-10-14(2)12-16(11-13)21-20(24)22-19(23)18-9-5-7-15-6-3-4-8-17(15)18/h3-12H,1-2H3,(H2,21,22,23,24). The van der Waals surface area contributed by atoms with E-state index in [9.17, 15) is 4.79 Å². The number of thiocarbonyl (C=S) groups is 1. The van der Waals surface area contributed by atoms with Crippen molar-refractivity contribution in [2.75, 3.05) is 5.32 Å². The minimum atomic E-state index is -0.214. The Morgan fingerprint density at radius 1 is 0.917 bits per heavy atom. The summed E-state index contributed by atoms with van der Waals surface area (Å²) < 4.78 is 0. The van der Waals surface area contributed by atoms with Crippen LogP contribution >= 0.6 is 12.2 Å². The van der Waals surface area contributed by atoms with Crippen molar-refractivity contribution >= 4 is 39.7 Å². The minimum Gasteiger partial charge on any atom is -0.332 e. The van der Waals surface area contributed by atoms with Crippen molar-refractivity contribution in [1.29, 1.82) is 0 Å². The van der Waals surface area contributed by atoms with E-state index in [2.05, 4.69) is 16.7 Å². The summed E-state index contributed by atoms with van der Waals surface area (Å²) >= 11 is 5.28. The SMILES string of the molecule is Cc1cc(C)cc(NC(=S)NC(=O)c2cccc3ccccc23)c1. The van der Waals surface area contributed by atoms with Gasteiger partial charge in [0.2, 0.25) is 0 Å². The molecule has 0 bridgehead atoms. The molecule has 2 N–H and O–H groups in total. The largest absolute Gasteiger partial charge is 0.332 e. The molecule has 4 heteroatoms. The molecule has 0 fully saturated rings. The quantitative estimate of drug-likeness (QED) is 0.674. The average Bonchev–Trinajstić information content (AvgIpc) is 2.53. The molecule has 1 amide bonds. The molecule has 0 aliphatic heterocycles. The molecule has 0 aliphatic carbocycles. The van der Waals surface area contributed by atoms with Crippen LogP contribution in [0.25, 0.3) is 10.8 Å². The van der Waals surface area contributed by atoms with Gasteiger partial charge in [-0.1, -0.05) is 42.5 Å². The lowest BCUT2D eigenvalue weighted by Crippen LogP contribution is -2.34. The first kappa shape index (κ1) is 16.1. The smallest absolute Gasteiger partial charge is 0.258 e. The van der Waals surface area contributed by atoms with Crippen molar-refractivity contribution in [1.82, 2.24) is 5.32 Å². The lowest BCUT2D eigenvalue weighted by molar-refractivity contribution is 0.0979. The molecule has 0 unspecified atom stereocenters. The van der Waals surface area contributed by atoms with Gasteiger partial charge < -0.3 is 5.32 Å². The molecule has 0 spiro atoms. The maximum Gasteiger partial charge on any atom is 0.258 e. The van der Waals surface area contributed by atoms with Gasteiger partial charge in [-0.05, 0) is 66.2 Å². The Morgan fingerprint density at radius 3 is 2.33 bits per heavy atom. The van der Waals surface area contributed by atoms with Crippen molar-refractivity contribution in [3.8, 4) is 0 Å². The van der Waals surface area contributed by atoms with Crippen LogP contribution < -0.4 is 10.6 Å². The number of hydrogen-bond donors (Lipinski definition) is 2. The van der Waals surface area contributed by atoms with Crippen molar-refractivity contribution in [2.24, 2.45) is 0 Å². The number of nitrogens with one attached hydrogen (secondary N) is 2. The zero-order valence-corrected chi connectivity index (χ0v) is 14.4. The van der Waals surface area contributed by atoms with Crippen LogP contribution in [0.15, 0.2) is 60.7 Å². The highest BCUT2D eigenvalue weighted by Crippen LogP contribution is 2.18. The topological polar surface area (TPSA) is 41.1 Å². The Morgan fingerprint density at radius 2 is 1.58 bits per heavy atom. The number of carbonyl (C=O) groups is 1. The molecule has 3 aromatic carbocycles. The Balaban J connectivity index is 1.77. The Kier molecular flexibility index (Phi) is 4.58. The number of rotatable bonds is 2. The molecule has 24 heavy (non-hydrogen) atoms. The van der Waals surface area contributed by atoms with Gasteiger partial charge in [-0.15, -0.1) is 0 Å². The third kappa shape index (κ3) is 3.60. The first-order valence-corrected chi connectivity index (χ1v) is 8.12. The molecule has 0 heterocycles. The summed E-state index contributed by atoms with van der Waals surface area (Å²) in [4.78, 5) is 12.6. The fourth-order valence-corrected chi connectivity index (χ4v) is 3.01. The van der Waals surface area contributed by atoms with Gasteiger partial charge >= 0.3 is 0 Å². The summed E-state index contributed by atoms with van der Waals surface area (Å²) in [5, 5.41) is 8.05. The van der Waals surface area contributed by atoms with Gasteiger partial charge in [0.25, 0.3) is 5.91 Å². The second kappa shape index (κ2) is 6.81. The van der Waals surface area contributed by atoms with Gasteiger partial charge in [0.1, 0.15) is 0 Å². The zero-order valence-electron chi connectivity index (χ0n) is 13.6. The van der Waals surface area contributed by atoms with Gasteiger partial charge in [0, 0.05) is 11.3 Å². The summed E-state index contributed by atoms with van der Waals surface area (Å²) in [5.74, 6) is -0.214. The lowest BCUT2D eigenvalue weighted by Gasteiger charge is -2.12. The van der Waals surface area contributed by atoms with Crippen LogP contribution in [0.2, 0.25) is 0 Å². The Labute approximate surface area is 146 Å². The van der Waals surface area contributed by atoms with E-state index < -0.39 is 0 Å². The van der Waals surface area contributed by atoms with E-state index in [1.165, 1.54) is 0 Å². The first-order valence-electron chi connectivity index (χ1n) is 7.71. The number of anilines is 1.